The molecule has 1 aliphatic rings. The molecule has 2 rings (SSSR count). The zero-order valence-corrected chi connectivity index (χ0v) is 17.4. The first-order valence-corrected chi connectivity index (χ1v) is 9.59. The van der Waals surface area contributed by atoms with Gasteiger partial charge in [0.1, 0.15) is 24.0 Å². The molecule has 0 fully saturated rings. The molecular weight excluding hydrogens is 392 g/mol. The average Bonchev–Trinajstić information content (AvgIpc) is 2.93. The summed E-state index contributed by atoms with van der Waals surface area (Å²) in [5.41, 5.74) is 11.1. The molecule has 0 aromatic heterocycles. The van der Waals surface area contributed by atoms with Crippen molar-refractivity contribution < 1.29 is 28.7 Å². The molecule has 0 spiro atoms. The van der Waals surface area contributed by atoms with Gasteiger partial charge in [0.15, 0.2) is 0 Å². The molecule has 10 heteroatoms. The van der Waals surface area contributed by atoms with Crippen LogP contribution in [0.2, 0.25) is 0 Å². The summed E-state index contributed by atoms with van der Waals surface area (Å²) in [6.07, 6.45) is -0.508. The number of nitrogens with two attached hydrogens (primary N) is 2. The highest BCUT2D eigenvalue weighted by Gasteiger charge is 2.35. The van der Waals surface area contributed by atoms with Gasteiger partial charge in [-0.15, -0.1) is 0 Å². The standard InChI is InChI=1S/C20H28N4O6/c1-20(2,3)30-19(28)23-8-9-29-13-4-5-14-12(10-13)11-24(18(14)27)15(17(22)26)6-7-16(21)25/h4-5,10,15H,6-9,11H2,1-3H3,(H2,21,25)(H2,22,26)(H,23,28). The number of fused-ring (bicyclic) bond motifs is 1. The number of benzene rings is 1. The fraction of sp³-hybridized carbons (Fsp3) is 0.500. The molecule has 0 radical (unpaired) electrons. The number of amides is 4. The van der Waals surface area contributed by atoms with Crippen molar-refractivity contribution >= 4 is 23.8 Å². The number of carbonyl (C=O) groups is 4. The van der Waals surface area contributed by atoms with Gasteiger partial charge in [0.05, 0.1) is 6.54 Å². The Balaban J connectivity index is 1.94. The van der Waals surface area contributed by atoms with Gasteiger partial charge in [-0.25, -0.2) is 4.79 Å². The number of primary amides is 2. The van der Waals surface area contributed by atoms with Crippen LogP contribution in [0.4, 0.5) is 4.79 Å². The minimum atomic E-state index is -0.917. The summed E-state index contributed by atoms with van der Waals surface area (Å²) in [5.74, 6) is -1.08. The van der Waals surface area contributed by atoms with Crippen LogP contribution in [0.3, 0.4) is 0 Å². The number of hydrogen-bond donors (Lipinski definition) is 3. The summed E-state index contributed by atoms with van der Waals surface area (Å²) >= 11 is 0. The molecule has 5 N–H and O–H groups in total. The molecule has 0 bridgehead atoms. The van der Waals surface area contributed by atoms with Crippen molar-refractivity contribution in [3.05, 3.63) is 29.3 Å². The smallest absolute Gasteiger partial charge is 0.407 e. The zero-order chi connectivity index (χ0) is 22.5. The highest BCUT2D eigenvalue weighted by Crippen LogP contribution is 2.29. The van der Waals surface area contributed by atoms with E-state index < -0.39 is 29.6 Å². The van der Waals surface area contributed by atoms with E-state index in [0.717, 1.165) is 0 Å². The Hall–Kier alpha value is -3.30. The molecule has 1 aromatic rings. The summed E-state index contributed by atoms with van der Waals surface area (Å²) in [7, 11) is 0. The van der Waals surface area contributed by atoms with Crippen molar-refractivity contribution in [1.29, 1.82) is 0 Å². The second kappa shape index (κ2) is 9.47. The van der Waals surface area contributed by atoms with E-state index in [2.05, 4.69) is 5.32 Å². The van der Waals surface area contributed by atoms with Crippen molar-refractivity contribution in [2.75, 3.05) is 13.2 Å². The van der Waals surface area contributed by atoms with Crippen molar-refractivity contribution in [2.45, 2.75) is 51.8 Å². The molecule has 0 saturated heterocycles. The van der Waals surface area contributed by atoms with Crippen molar-refractivity contribution in [3.8, 4) is 5.75 Å². The summed E-state index contributed by atoms with van der Waals surface area (Å²) < 4.78 is 10.8. The van der Waals surface area contributed by atoms with E-state index in [1.807, 2.05) is 0 Å². The number of ether oxygens (including phenoxy) is 2. The van der Waals surface area contributed by atoms with Gasteiger partial charge < -0.3 is 31.2 Å². The van der Waals surface area contributed by atoms with E-state index in [9.17, 15) is 19.2 Å². The molecule has 0 saturated carbocycles. The van der Waals surface area contributed by atoms with Crippen molar-refractivity contribution in [3.63, 3.8) is 0 Å². The molecule has 0 aliphatic carbocycles. The first-order chi connectivity index (χ1) is 14.0. The van der Waals surface area contributed by atoms with Crippen LogP contribution in [0.1, 0.15) is 49.5 Å². The van der Waals surface area contributed by atoms with Crippen LogP contribution in [0.15, 0.2) is 18.2 Å². The van der Waals surface area contributed by atoms with Crippen LogP contribution < -0.4 is 21.5 Å². The minimum Gasteiger partial charge on any atom is -0.492 e. The number of carbonyl (C=O) groups excluding carboxylic acids is 4. The maximum atomic E-state index is 12.6. The first kappa shape index (κ1) is 23.0. The molecule has 30 heavy (non-hydrogen) atoms. The van der Waals surface area contributed by atoms with E-state index in [0.29, 0.717) is 16.9 Å². The number of hydrogen-bond acceptors (Lipinski definition) is 6. The largest absolute Gasteiger partial charge is 0.492 e. The predicted octanol–water partition coefficient (Wildman–Crippen LogP) is 0.665. The second-order valence-corrected chi connectivity index (χ2v) is 7.95. The van der Waals surface area contributed by atoms with Crippen LogP contribution in [-0.2, 0) is 20.9 Å². The van der Waals surface area contributed by atoms with Crippen LogP contribution in [0, 0.1) is 0 Å². The summed E-state index contributed by atoms with van der Waals surface area (Å²) in [6.45, 7) is 5.94. The number of rotatable bonds is 9. The van der Waals surface area contributed by atoms with Crippen LogP contribution in [0.5, 0.6) is 5.75 Å². The Bertz CT molecular complexity index is 833. The summed E-state index contributed by atoms with van der Waals surface area (Å²) in [6, 6.07) is 4.03. The summed E-state index contributed by atoms with van der Waals surface area (Å²) in [4.78, 5) is 48.4. The van der Waals surface area contributed by atoms with Crippen LogP contribution in [0.25, 0.3) is 0 Å². The lowest BCUT2D eigenvalue weighted by Crippen LogP contribution is -2.45. The van der Waals surface area contributed by atoms with Gasteiger partial charge in [0, 0.05) is 18.5 Å². The van der Waals surface area contributed by atoms with Gasteiger partial charge in [0.25, 0.3) is 5.91 Å². The number of alkyl carbamates (subject to hydrolysis) is 1. The lowest BCUT2D eigenvalue weighted by molar-refractivity contribution is -0.123. The van der Waals surface area contributed by atoms with Crippen molar-refractivity contribution in [2.24, 2.45) is 11.5 Å². The number of nitrogens with zero attached hydrogens (tertiary/aromatic N) is 1. The maximum Gasteiger partial charge on any atom is 0.407 e. The van der Waals surface area contributed by atoms with E-state index in [-0.39, 0.29) is 38.4 Å². The Morgan fingerprint density at radius 1 is 1.23 bits per heavy atom. The van der Waals surface area contributed by atoms with Crippen molar-refractivity contribution in [1.82, 2.24) is 10.2 Å². The summed E-state index contributed by atoms with van der Waals surface area (Å²) in [5, 5.41) is 2.59. The van der Waals surface area contributed by atoms with E-state index in [4.69, 9.17) is 20.9 Å². The Kier molecular flexibility index (Phi) is 7.25. The highest BCUT2D eigenvalue weighted by atomic mass is 16.6. The molecule has 164 valence electrons. The van der Waals surface area contributed by atoms with E-state index in [1.54, 1.807) is 39.0 Å². The molecule has 1 aliphatic heterocycles. The fourth-order valence-electron chi connectivity index (χ4n) is 3.03. The Morgan fingerprint density at radius 2 is 1.93 bits per heavy atom. The van der Waals surface area contributed by atoms with Gasteiger partial charge in [-0.2, -0.15) is 0 Å². The quantitative estimate of drug-likeness (QED) is 0.499. The van der Waals surface area contributed by atoms with Gasteiger partial charge >= 0.3 is 6.09 Å². The first-order valence-electron chi connectivity index (χ1n) is 9.59. The second-order valence-electron chi connectivity index (χ2n) is 7.95. The topological polar surface area (TPSA) is 154 Å². The van der Waals surface area contributed by atoms with Gasteiger partial charge in [-0.1, -0.05) is 0 Å². The van der Waals surface area contributed by atoms with Gasteiger partial charge in [0.2, 0.25) is 11.8 Å². The molecular formula is C20H28N4O6. The third-order valence-electron chi connectivity index (χ3n) is 4.32. The van der Waals surface area contributed by atoms with E-state index in [1.165, 1.54) is 4.90 Å². The van der Waals surface area contributed by atoms with Crippen LogP contribution >= 0.6 is 0 Å². The third-order valence-corrected chi connectivity index (χ3v) is 4.32. The predicted molar refractivity (Wildman–Crippen MR) is 107 cm³/mol. The molecule has 10 nitrogen and oxygen atoms in total. The minimum absolute atomic E-state index is 0.0489. The highest BCUT2D eigenvalue weighted by molar-refractivity contribution is 6.01. The van der Waals surface area contributed by atoms with Gasteiger partial charge in [-0.05, 0) is 51.0 Å². The monoisotopic (exact) mass is 420 g/mol. The maximum absolute atomic E-state index is 12.6. The lowest BCUT2D eigenvalue weighted by Gasteiger charge is -2.24. The number of nitrogens with one attached hydrogen (secondary N) is 1. The molecule has 4 amide bonds. The SMILES string of the molecule is CC(C)(C)OC(=O)NCCOc1ccc2c(c1)CN(C(CCC(N)=O)C(N)=O)C2=O. The van der Waals surface area contributed by atoms with E-state index >= 15 is 0 Å². The molecule has 1 atom stereocenters. The third kappa shape index (κ3) is 6.36. The molecule has 1 heterocycles. The van der Waals surface area contributed by atoms with Gasteiger partial charge in [-0.3, -0.25) is 14.4 Å². The average molecular weight is 420 g/mol. The Morgan fingerprint density at radius 3 is 2.53 bits per heavy atom. The van der Waals surface area contributed by atoms with Crippen LogP contribution in [-0.4, -0.2) is 53.5 Å². The fourth-order valence-corrected chi connectivity index (χ4v) is 3.03. The molecule has 1 aromatic carbocycles. The zero-order valence-electron chi connectivity index (χ0n) is 17.4. The Labute approximate surface area is 174 Å². The molecule has 1 unspecified atom stereocenters. The lowest BCUT2D eigenvalue weighted by atomic mass is 10.1. The normalized spacial score (nSPS) is 14.1.